The second-order valence-corrected chi connectivity index (χ2v) is 6.79. The van der Waals surface area contributed by atoms with Gasteiger partial charge in [0.05, 0.1) is 0 Å². The fourth-order valence-corrected chi connectivity index (χ4v) is 3.16. The molecule has 0 saturated carbocycles. The maximum Gasteiger partial charge on any atom is 0.278 e. The van der Waals surface area contributed by atoms with E-state index in [4.69, 9.17) is 4.52 Å². The molecule has 3 aromatic rings. The molecule has 1 fully saturated rings. The van der Waals surface area contributed by atoms with Crippen molar-refractivity contribution in [3.63, 3.8) is 0 Å². The Balaban J connectivity index is 1.53. The zero-order valence-electron chi connectivity index (χ0n) is 14.7. The van der Waals surface area contributed by atoms with E-state index in [0.29, 0.717) is 23.5 Å². The van der Waals surface area contributed by atoms with E-state index < -0.39 is 0 Å². The van der Waals surface area contributed by atoms with E-state index in [1.54, 1.807) is 0 Å². The van der Waals surface area contributed by atoms with Crippen LogP contribution in [-0.4, -0.2) is 33.0 Å². The lowest BCUT2D eigenvalue weighted by Gasteiger charge is -2.28. The first kappa shape index (κ1) is 15.9. The van der Waals surface area contributed by atoms with Crippen molar-refractivity contribution in [2.45, 2.75) is 39.2 Å². The summed E-state index contributed by atoms with van der Waals surface area (Å²) in [7, 11) is 0. The van der Waals surface area contributed by atoms with Crippen LogP contribution in [0.2, 0.25) is 0 Å². The molecule has 6 nitrogen and oxygen atoms in total. The lowest BCUT2D eigenvalue weighted by atomic mass is 10.1. The van der Waals surface area contributed by atoms with Crippen molar-refractivity contribution in [3.05, 3.63) is 36.5 Å². The van der Waals surface area contributed by atoms with Gasteiger partial charge in [0.15, 0.2) is 5.69 Å². The molecule has 1 aliphatic heterocycles. The number of piperidine rings is 1. The Labute approximate surface area is 147 Å². The van der Waals surface area contributed by atoms with Crippen LogP contribution in [-0.2, 0) is 0 Å². The molecule has 3 heterocycles. The van der Waals surface area contributed by atoms with Gasteiger partial charge in [-0.25, -0.2) is 0 Å². The van der Waals surface area contributed by atoms with E-state index >= 15 is 0 Å². The van der Waals surface area contributed by atoms with Gasteiger partial charge >= 0.3 is 0 Å². The van der Waals surface area contributed by atoms with Crippen LogP contribution < -0.4 is 4.90 Å². The van der Waals surface area contributed by atoms with E-state index in [9.17, 15) is 0 Å². The van der Waals surface area contributed by atoms with E-state index in [0.717, 1.165) is 18.7 Å². The zero-order chi connectivity index (χ0) is 17.2. The molecule has 1 aromatic carbocycles. The monoisotopic (exact) mass is 337 g/mol. The fourth-order valence-electron chi connectivity index (χ4n) is 3.16. The molecular formula is C19H23N5O. The highest BCUT2D eigenvalue weighted by Crippen LogP contribution is 2.25. The predicted octanol–water partition coefficient (Wildman–Crippen LogP) is 4.17. The largest absolute Gasteiger partial charge is 0.372 e. The molecule has 1 saturated heterocycles. The van der Waals surface area contributed by atoms with Gasteiger partial charge in [-0.1, -0.05) is 5.16 Å². The lowest BCUT2D eigenvalue weighted by molar-refractivity contribution is 0.429. The number of rotatable bonds is 4. The van der Waals surface area contributed by atoms with Crippen molar-refractivity contribution >= 4 is 5.69 Å². The standard InChI is InChI=1S/C19H23N5O/c1-14(2)24-13-10-17(21-24)19-20-18(22-25-19)15-6-8-16(9-7-15)23-11-4-3-5-12-23/h6-10,13-14H,3-5,11-12H2,1-2H3. The first-order valence-electron chi connectivity index (χ1n) is 8.95. The molecule has 1 aliphatic rings. The van der Waals surface area contributed by atoms with Crippen LogP contribution in [0.15, 0.2) is 41.1 Å². The molecule has 0 aliphatic carbocycles. The van der Waals surface area contributed by atoms with Crippen LogP contribution in [0, 0.1) is 0 Å². The minimum Gasteiger partial charge on any atom is -0.372 e. The van der Waals surface area contributed by atoms with Crippen LogP contribution in [0.25, 0.3) is 23.0 Å². The molecule has 2 aromatic heterocycles. The van der Waals surface area contributed by atoms with E-state index in [2.05, 4.69) is 58.3 Å². The second kappa shape index (κ2) is 6.70. The Kier molecular flexibility index (Phi) is 4.26. The van der Waals surface area contributed by atoms with Gasteiger partial charge in [0.1, 0.15) is 0 Å². The quantitative estimate of drug-likeness (QED) is 0.715. The molecule has 0 N–H and O–H groups in total. The van der Waals surface area contributed by atoms with Gasteiger partial charge in [-0.05, 0) is 63.4 Å². The topological polar surface area (TPSA) is 60.0 Å². The SMILES string of the molecule is CC(C)n1ccc(-c2nc(-c3ccc(N4CCCCC4)cc3)no2)n1. The summed E-state index contributed by atoms with van der Waals surface area (Å²) in [6.45, 7) is 6.45. The average molecular weight is 337 g/mol. The Morgan fingerprint density at radius 3 is 2.44 bits per heavy atom. The molecule has 0 radical (unpaired) electrons. The maximum atomic E-state index is 5.40. The van der Waals surface area contributed by atoms with Crippen molar-refractivity contribution in [2.24, 2.45) is 0 Å². The summed E-state index contributed by atoms with van der Waals surface area (Å²) in [6, 6.07) is 10.6. The van der Waals surface area contributed by atoms with Crippen LogP contribution in [0.3, 0.4) is 0 Å². The highest BCUT2D eigenvalue weighted by atomic mass is 16.5. The van der Waals surface area contributed by atoms with Gasteiger partial charge in [0.25, 0.3) is 5.89 Å². The molecule has 0 spiro atoms. The summed E-state index contributed by atoms with van der Waals surface area (Å²) < 4.78 is 7.28. The van der Waals surface area contributed by atoms with Crippen LogP contribution in [0.5, 0.6) is 0 Å². The third-order valence-electron chi connectivity index (χ3n) is 4.63. The smallest absolute Gasteiger partial charge is 0.278 e. The minimum atomic E-state index is 0.304. The summed E-state index contributed by atoms with van der Waals surface area (Å²) in [5.41, 5.74) is 2.93. The van der Waals surface area contributed by atoms with E-state index in [-0.39, 0.29) is 0 Å². The number of anilines is 1. The third-order valence-corrected chi connectivity index (χ3v) is 4.63. The summed E-state index contributed by atoms with van der Waals surface area (Å²) >= 11 is 0. The lowest BCUT2D eigenvalue weighted by Crippen LogP contribution is -2.29. The number of hydrogen-bond donors (Lipinski definition) is 0. The zero-order valence-corrected chi connectivity index (χ0v) is 14.7. The van der Waals surface area contributed by atoms with Crippen molar-refractivity contribution in [3.8, 4) is 23.0 Å². The third kappa shape index (κ3) is 3.29. The second-order valence-electron chi connectivity index (χ2n) is 6.79. The van der Waals surface area contributed by atoms with Gasteiger partial charge in [-0.3, -0.25) is 4.68 Å². The molecule has 4 rings (SSSR count). The van der Waals surface area contributed by atoms with Crippen molar-refractivity contribution in [1.29, 1.82) is 0 Å². The van der Waals surface area contributed by atoms with Crippen LogP contribution >= 0.6 is 0 Å². The summed E-state index contributed by atoms with van der Waals surface area (Å²) in [5.74, 6) is 1.05. The molecule has 0 amide bonds. The number of aromatic nitrogens is 4. The Morgan fingerprint density at radius 1 is 1.00 bits per heavy atom. The van der Waals surface area contributed by atoms with Gasteiger partial charge in [-0.2, -0.15) is 10.1 Å². The Hall–Kier alpha value is -2.63. The first-order chi connectivity index (χ1) is 12.2. The van der Waals surface area contributed by atoms with Gasteiger partial charge in [0, 0.05) is 36.6 Å². The van der Waals surface area contributed by atoms with Gasteiger partial charge < -0.3 is 9.42 Å². The van der Waals surface area contributed by atoms with Crippen molar-refractivity contribution in [1.82, 2.24) is 19.9 Å². The van der Waals surface area contributed by atoms with E-state index in [1.165, 1.54) is 24.9 Å². The van der Waals surface area contributed by atoms with Gasteiger partial charge in [0.2, 0.25) is 5.82 Å². The summed E-state index contributed by atoms with van der Waals surface area (Å²) in [4.78, 5) is 6.94. The molecule has 0 atom stereocenters. The maximum absolute atomic E-state index is 5.40. The number of benzene rings is 1. The van der Waals surface area contributed by atoms with Gasteiger partial charge in [-0.15, -0.1) is 0 Å². The number of hydrogen-bond acceptors (Lipinski definition) is 5. The normalized spacial score (nSPS) is 15.1. The molecule has 0 bridgehead atoms. The first-order valence-corrected chi connectivity index (χ1v) is 8.95. The highest BCUT2D eigenvalue weighted by Gasteiger charge is 2.15. The van der Waals surface area contributed by atoms with E-state index in [1.807, 2.05) is 16.9 Å². The highest BCUT2D eigenvalue weighted by molar-refractivity contribution is 5.62. The molecule has 6 heteroatoms. The molecule has 25 heavy (non-hydrogen) atoms. The Morgan fingerprint density at radius 2 is 1.76 bits per heavy atom. The van der Waals surface area contributed by atoms with Crippen LogP contribution in [0.4, 0.5) is 5.69 Å². The average Bonchev–Trinajstić information content (AvgIpc) is 3.32. The molecule has 130 valence electrons. The predicted molar refractivity (Wildman–Crippen MR) is 97.4 cm³/mol. The van der Waals surface area contributed by atoms with Crippen molar-refractivity contribution in [2.75, 3.05) is 18.0 Å². The van der Waals surface area contributed by atoms with Crippen molar-refractivity contribution < 1.29 is 4.52 Å². The summed E-state index contributed by atoms with van der Waals surface area (Å²) in [5, 5.41) is 8.59. The summed E-state index contributed by atoms with van der Waals surface area (Å²) in [6.07, 6.45) is 5.82. The number of nitrogens with zero attached hydrogens (tertiary/aromatic N) is 5. The molecular weight excluding hydrogens is 314 g/mol. The molecule has 0 unspecified atom stereocenters. The fraction of sp³-hybridized carbons (Fsp3) is 0.421. The Bertz CT molecular complexity index is 828. The minimum absolute atomic E-state index is 0.304. The van der Waals surface area contributed by atoms with Crippen LogP contribution in [0.1, 0.15) is 39.2 Å².